The molecule has 0 saturated heterocycles. The molecule has 0 amide bonds. The molecule has 4 rings (SSSR count). The maximum atomic E-state index is 9.13. The average Bonchev–Trinajstić information content (AvgIpc) is 3.27. The minimum absolute atomic E-state index is 0.0972. The predicted molar refractivity (Wildman–Crippen MR) is 90.8 cm³/mol. The fourth-order valence-electron chi connectivity index (χ4n) is 2.57. The first-order chi connectivity index (χ1) is 11.8. The minimum atomic E-state index is -0.0972. The second-order valence-corrected chi connectivity index (χ2v) is 5.47. The largest absolute Gasteiger partial charge is 0.459 e. The topological polar surface area (TPSA) is 76.1 Å². The van der Waals surface area contributed by atoms with Crippen molar-refractivity contribution in [3.05, 3.63) is 72.2 Å². The number of rotatable bonds is 5. The minimum Gasteiger partial charge on any atom is -0.459 e. The Morgan fingerprint density at radius 1 is 1.08 bits per heavy atom. The van der Waals surface area contributed by atoms with Crippen LogP contribution in [0.2, 0.25) is 0 Å². The predicted octanol–water partition coefficient (Wildman–Crippen LogP) is 3.12. The molecule has 6 nitrogen and oxygen atoms in total. The Balaban J connectivity index is 1.48. The average molecular weight is 320 g/mol. The highest BCUT2D eigenvalue weighted by molar-refractivity contribution is 5.81. The number of fused-ring (bicyclic) bond motifs is 1. The number of benzene rings is 2. The van der Waals surface area contributed by atoms with Gasteiger partial charge in [0.1, 0.15) is 23.6 Å². The fraction of sp³-hybridized carbons (Fsp3) is 0.111. The summed E-state index contributed by atoms with van der Waals surface area (Å²) < 4.78 is 7.24. The van der Waals surface area contributed by atoms with Gasteiger partial charge in [-0.2, -0.15) is 0 Å². The lowest BCUT2D eigenvalue weighted by Gasteiger charge is -2.03. The van der Waals surface area contributed by atoms with E-state index in [-0.39, 0.29) is 6.61 Å². The molecule has 4 aromatic rings. The van der Waals surface area contributed by atoms with E-state index in [4.69, 9.17) is 9.52 Å². The van der Waals surface area contributed by atoms with Crippen LogP contribution in [0, 0.1) is 0 Å². The van der Waals surface area contributed by atoms with Gasteiger partial charge in [0.05, 0.1) is 18.4 Å². The third kappa shape index (κ3) is 2.87. The highest BCUT2D eigenvalue weighted by Crippen LogP contribution is 2.23. The van der Waals surface area contributed by atoms with Gasteiger partial charge in [-0.3, -0.25) is 0 Å². The van der Waals surface area contributed by atoms with Gasteiger partial charge in [0.25, 0.3) is 0 Å². The molecule has 6 heteroatoms. The zero-order valence-corrected chi connectivity index (χ0v) is 12.9. The second-order valence-electron chi connectivity index (χ2n) is 5.47. The van der Waals surface area contributed by atoms with Gasteiger partial charge >= 0.3 is 0 Å². The van der Waals surface area contributed by atoms with Crippen LogP contribution in [0.4, 0.5) is 5.69 Å². The van der Waals surface area contributed by atoms with Crippen LogP contribution < -0.4 is 5.32 Å². The summed E-state index contributed by atoms with van der Waals surface area (Å²) in [5, 5.41) is 21.7. The number of aliphatic hydroxyl groups excluding tert-OH is 1. The first kappa shape index (κ1) is 14.5. The summed E-state index contributed by atoms with van der Waals surface area (Å²) in [5.74, 6) is 0.563. The molecule has 0 bridgehead atoms. The molecule has 120 valence electrons. The molecule has 2 aromatic heterocycles. The number of anilines is 1. The van der Waals surface area contributed by atoms with Crippen LogP contribution in [0.5, 0.6) is 0 Å². The lowest BCUT2D eigenvalue weighted by atomic mass is 10.2. The molecular weight excluding hydrogens is 304 g/mol. The lowest BCUT2D eigenvalue weighted by molar-refractivity contribution is 0.251. The molecule has 0 aliphatic carbocycles. The molecule has 0 aliphatic rings. The molecule has 2 aromatic carbocycles. The summed E-state index contributed by atoms with van der Waals surface area (Å²) in [7, 11) is 0. The van der Waals surface area contributed by atoms with Gasteiger partial charge in [-0.05, 0) is 36.4 Å². The van der Waals surface area contributed by atoms with Gasteiger partial charge in [-0.1, -0.05) is 23.4 Å². The summed E-state index contributed by atoms with van der Waals surface area (Å²) >= 11 is 0. The summed E-state index contributed by atoms with van der Waals surface area (Å²) in [6.45, 7) is 0.475. The van der Waals surface area contributed by atoms with E-state index in [9.17, 15) is 0 Å². The normalized spacial score (nSPS) is 11.0. The van der Waals surface area contributed by atoms with E-state index in [1.54, 1.807) is 4.68 Å². The number of para-hydroxylation sites is 1. The first-order valence-corrected chi connectivity index (χ1v) is 7.66. The zero-order chi connectivity index (χ0) is 16.4. The molecule has 2 N–H and O–H groups in total. The Hall–Kier alpha value is -3.12. The van der Waals surface area contributed by atoms with Crippen molar-refractivity contribution in [3.8, 4) is 5.69 Å². The van der Waals surface area contributed by atoms with Crippen LogP contribution in [0.1, 0.15) is 11.5 Å². The Kier molecular flexibility index (Phi) is 3.72. The zero-order valence-electron chi connectivity index (χ0n) is 12.9. The lowest BCUT2D eigenvalue weighted by Crippen LogP contribution is -1.99. The Morgan fingerprint density at radius 2 is 1.96 bits per heavy atom. The first-order valence-electron chi connectivity index (χ1n) is 7.66. The standard InChI is InChI=1S/C18H16N4O2/c23-12-17-9-13-8-14(6-7-18(13)24-17)19-10-15-11-22(21-20-15)16-4-2-1-3-5-16/h1-9,11,19,23H,10,12H2. The Morgan fingerprint density at radius 3 is 2.79 bits per heavy atom. The highest BCUT2D eigenvalue weighted by Gasteiger charge is 2.05. The number of aromatic nitrogens is 3. The maximum absolute atomic E-state index is 9.13. The number of nitrogens with one attached hydrogen (secondary N) is 1. The van der Waals surface area contributed by atoms with Gasteiger partial charge in [-0.15, -0.1) is 5.10 Å². The monoisotopic (exact) mass is 320 g/mol. The summed E-state index contributed by atoms with van der Waals surface area (Å²) in [5.41, 5.74) is 3.55. The maximum Gasteiger partial charge on any atom is 0.134 e. The van der Waals surface area contributed by atoms with E-state index in [1.807, 2.05) is 60.8 Å². The van der Waals surface area contributed by atoms with E-state index in [0.717, 1.165) is 28.0 Å². The Bertz CT molecular complexity index is 959. The van der Waals surface area contributed by atoms with Gasteiger partial charge in [0, 0.05) is 11.1 Å². The molecule has 0 unspecified atom stereocenters. The number of nitrogens with zero attached hydrogens (tertiary/aromatic N) is 3. The van der Waals surface area contributed by atoms with Crippen molar-refractivity contribution in [1.29, 1.82) is 0 Å². The van der Waals surface area contributed by atoms with Crippen molar-refractivity contribution < 1.29 is 9.52 Å². The molecule has 2 heterocycles. The summed E-state index contributed by atoms with van der Waals surface area (Å²) in [6, 6.07) is 17.5. The molecule has 0 aliphatic heterocycles. The van der Waals surface area contributed by atoms with E-state index in [1.165, 1.54) is 0 Å². The fourth-order valence-corrected chi connectivity index (χ4v) is 2.57. The van der Waals surface area contributed by atoms with Gasteiger partial charge < -0.3 is 14.8 Å². The quantitative estimate of drug-likeness (QED) is 0.591. The van der Waals surface area contributed by atoms with Gasteiger partial charge in [-0.25, -0.2) is 4.68 Å². The van der Waals surface area contributed by atoms with E-state index in [2.05, 4.69) is 15.6 Å². The molecule has 0 saturated carbocycles. The molecule has 0 fully saturated rings. The van der Waals surface area contributed by atoms with Crippen molar-refractivity contribution in [2.24, 2.45) is 0 Å². The van der Waals surface area contributed by atoms with Crippen LogP contribution in [0.15, 0.2) is 65.2 Å². The van der Waals surface area contributed by atoms with Crippen molar-refractivity contribution >= 4 is 16.7 Å². The van der Waals surface area contributed by atoms with E-state index in [0.29, 0.717) is 12.3 Å². The Labute approximate surface area is 138 Å². The third-order valence-electron chi connectivity index (χ3n) is 3.76. The van der Waals surface area contributed by atoms with Crippen LogP contribution in [0.25, 0.3) is 16.7 Å². The number of aliphatic hydroxyl groups is 1. The van der Waals surface area contributed by atoms with Crippen molar-refractivity contribution in [1.82, 2.24) is 15.0 Å². The molecular formula is C18H16N4O2. The number of hydrogen-bond donors (Lipinski definition) is 2. The summed E-state index contributed by atoms with van der Waals surface area (Å²) in [4.78, 5) is 0. The molecule has 24 heavy (non-hydrogen) atoms. The van der Waals surface area contributed by atoms with E-state index >= 15 is 0 Å². The molecule has 0 atom stereocenters. The van der Waals surface area contributed by atoms with E-state index < -0.39 is 0 Å². The van der Waals surface area contributed by atoms with Crippen LogP contribution in [-0.2, 0) is 13.2 Å². The highest BCUT2D eigenvalue weighted by atomic mass is 16.4. The summed E-state index contributed by atoms with van der Waals surface area (Å²) in [6.07, 6.45) is 1.91. The van der Waals surface area contributed by atoms with Crippen molar-refractivity contribution in [2.75, 3.05) is 5.32 Å². The van der Waals surface area contributed by atoms with Crippen LogP contribution >= 0.6 is 0 Å². The van der Waals surface area contributed by atoms with Gasteiger partial charge in [0.2, 0.25) is 0 Å². The van der Waals surface area contributed by atoms with Crippen LogP contribution in [-0.4, -0.2) is 20.1 Å². The van der Waals surface area contributed by atoms with Crippen LogP contribution in [0.3, 0.4) is 0 Å². The van der Waals surface area contributed by atoms with Crippen molar-refractivity contribution in [2.45, 2.75) is 13.2 Å². The number of hydrogen-bond acceptors (Lipinski definition) is 5. The SMILES string of the molecule is OCc1cc2cc(NCc3cn(-c4ccccc4)nn3)ccc2o1. The second kappa shape index (κ2) is 6.17. The van der Waals surface area contributed by atoms with Crippen molar-refractivity contribution in [3.63, 3.8) is 0 Å². The smallest absolute Gasteiger partial charge is 0.134 e. The number of furan rings is 1. The third-order valence-corrected chi connectivity index (χ3v) is 3.76. The molecule has 0 spiro atoms. The molecule has 0 radical (unpaired) electrons. The van der Waals surface area contributed by atoms with Gasteiger partial charge in [0.15, 0.2) is 0 Å².